The largest absolute Gasteiger partial charge is 0.494 e. The van der Waals surface area contributed by atoms with Crippen LogP contribution < -0.4 is 10.1 Å². The van der Waals surface area contributed by atoms with E-state index in [2.05, 4.69) is 17.2 Å². The van der Waals surface area contributed by atoms with Gasteiger partial charge in [-0.1, -0.05) is 19.4 Å². The van der Waals surface area contributed by atoms with Gasteiger partial charge in [0.05, 0.1) is 24.4 Å². The second kappa shape index (κ2) is 8.80. The van der Waals surface area contributed by atoms with Gasteiger partial charge in [-0.3, -0.25) is 9.48 Å². The molecule has 2 heterocycles. The van der Waals surface area contributed by atoms with Gasteiger partial charge >= 0.3 is 6.18 Å². The Labute approximate surface area is 183 Å². The van der Waals surface area contributed by atoms with Crippen molar-refractivity contribution < 1.29 is 22.7 Å². The number of ether oxygens (including phenoxy) is 1. The average Bonchev–Trinajstić information content (AvgIpc) is 3.21. The number of rotatable bonds is 5. The Morgan fingerprint density at radius 2 is 1.97 bits per heavy atom. The summed E-state index contributed by atoms with van der Waals surface area (Å²) >= 11 is 0. The van der Waals surface area contributed by atoms with Gasteiger partial charge in [0.25, 0.3) is 5.91 Å². The van der Waals surface area contributed by atoms with Gasteiger partial charge in [0, 0.05) is 17.6 Å². The Bertz CT molecular complexity index is 1120. The number of anilines is 1. The van der Waals surface area contributed by atoms with Gasteiger partial charge < -0.3 is 10.1 Å². The summed E-state index contributed by atoms with van der Waals surface area (Å²) < 4.78 is 46.1. The maximum absolute atomic E-state index is 12.9. The minimum Gasteiger partial charge on any atom is -0.494 e. The number of benzene rings is 1. The van der Waals surface area contributed by atoms with Crippen LogP contribution in [0.4, 0.5) is 18.9 Å². The zero-order chi connectivity index (χ0) is 22.9. The summed E-state index contributed by atoms with van der Waals surface area (Å²) in [5.41, 5.74) is -0.370. The van der Waals surface area contributed by atoms with Crippen LogP contribution in [0.1, 0.15) is 61.3 Å². The topological polar surface area (TPSA) is 69.0 Å². The monoisotopic (exact) mass is 446 g/mol. The van der Waals surface area contributed by atoms with E-state index in [1.165, 1.54) is 32.4 Å². The van der Waals surface area contributed by atoms with Crippen molar-refractivity contribution in [2.75, 3.05) is 12.4 Å². The predicted molar refractivity (Wildman–Crippen MR) is 115 cm³/mol. The van der Waals surface area contributed by atoms with Crippen LogP contribution in [0.2, 0.25) is 0 Å². The molecule has 1 aliphatic carbocycles. The third kappa shape index (κ3) is 4.56. The van der Waals surface area contributed by atoms with E-state index in [9.17, 15) is 18.0 Å². The fourth-order valence-corrected chi connectivity index (χ4v) is 4.25. The van der Waals surface area contributed by atoms with E-state index >= 15 is 0 Å². The molecule has 0 spiro atoms. The first kappa shape index (κ1) is 22.1. The Hall–Kier alpha value is -3.10. The highest BCUT2D eigenvalue weighted by Crippen LogP contribution is 2.36. The van der Waals surface area contributed by atoms with E-state index < -0.39 is 17.8 Å². The molecule has 6 nitrogen and oxygen atoms in total. The lowest BCUT2D eigenvalue weighted by molar-refractivity contribution is -0.141. The summed E-state index contributed by atoms with van der Waals surface area (Å²) in [7, 11) is 1.46. The first-order valence-corrected chi connectivity index (χ1v) is 10.7. The lowest BCUT2D eigenvalue weighted by Gasteiger charge is -2.27. The number of amides is 1. The van der Waals surface area contributed by atoms with Crippen LogP contribution in [0.5, 0.6) is 5.75 Å². The van der Waals surface area contributed by atoms with Gasteiger partial charge in [0.2, 0.25) is 0 Å². The van der Waals surface area contributed by atoms with Crippen molar-refractivity contribution in [3.63, 3.8) is 0 Å². The summed E-state index contributed by atoms with van der Waals surface area (Å²) in [6.07, 6.45) is 3.05. The maximum Gasteiger partial charge on any atom is 0.433 e. The number of carbonyl (C=O) groups excluding carboxylic acids is 1. The number of nitrogens with zero attached hydrogens (tertiary/aromatic N) is 3. The van der Waals surface area contributed by atoms with Crippen molar-refractivity contribution >= 4 is 22.5 Å². The predicted octanol–water partition coefficient (Wildman–Crippen LogP) is 5.85. The molecule has 9 heteroatoms. The van der Waals surface area contributed by atoms with E-state index in [-0.39, 0.29) is 5.69 Å². The highest BCUT2D eigenvalue weighted by Gasteiger charge is 2.33. The molecule has 1 fully saturated rings. The number of aromatic nitrogens is 3. The zero-order valence-corrected chi connectivity index (χ0v) is 17.9. The Morgan fingerprint density at radius 1 is 1.22 bits per heavy atom. The molecule has 0 saturated heterocycles. The third-order valence-corrected chi connectivity index (χ3v) is 6.13. The summed E-state index contributed by atoms with van der Waals surface area (Å²) in [6, 6.07) is 7.00. The highest BCUT2D eigenvalue weighted by molar-refractivity contribution is 6.05. The van der Waals surface area contributed by atoms with E-state index in [0.29, 0.717) is 17.5 Å². The standard InChI is InChI=1S/C23H25F3N4O2/c1-3-14-7-9-16(10-8-14)30-13-15-11-19(20(32-2)12-18(15)29-30)28-22(31)17-5-4-6-21(27-17)23(24,25)26/h4-6,11-14,16H,3,7-10H2,1-2H3,(H,28,31). The van der Waals surface area contributed by atoms with Crippen LogP contribution in [0, 0.1) is 5.92 Å². The van der Waals surface area contributed by atoms with Crippen LogP contribution in [0.3, 0.4) is 0 Å². The molecule has 0 atom stereocenters. The minimum absolute atomic E-state index is 0.328. The van der Waals surface area contributed by atoms with Gasteiger partial charge in [0.1, 0.15) is 17.1 Å². The fourth-order valence-electron chi connectivity index (χ4n) is 4.25. The first-order valence-electron chi connectivity index (χ1n) is 10.7. The van der Waals surface area contributed by atoms with Crippen molar-refractivity contribution in [3.05, 3.63) is 47.9 Å². The summed E-state index contributed by atoms with van der Waals surface area (Å²) in [6.45, 7) is 2.23. The number of pyridine rings is 1. The van der Waals surface area contributed by atoms with E-state index in [0.717, 1.165) is 41.8 Å². The second-order valence-corrected chi connectivity index (χ2v) is 8.16. The number of hydrogen-bond donors (Lipinski definition) is 1. The molecule has 32 heavy (non-hydrogen) atoms. The van der Waals surface area contributed by atoms with Gasteiger partial charge in [0.15, 0.2) is 0 Å². The average molecular weight is 446 g/mol. The molecule has 0 radical (unpaired) electrons. The summed E-state index contributed by atoms with van der Waals surface area (Å²) in [4.78, 5) is 16.0. The zero-order valence-electron chi connectivity index (χ0n) is 17.9. The van der Waals surface area contributed by atoms with Crippen molar-refractivity contribution in [2.45, 2.75) is 51.2 Å². The van der Waals surface area contributed by atoms with Crippen LogP contribution in [0.15, 0.2) is 36.5 Å². The highest BCUT2D eigenvalue weighted by atomic mass is 19.4. The van der Waals surface area contributed by atoms with Gasteiger partial charge in [-0.15, -0.1) is 0 Å². The Kier molecular flexibility index (Phi) is 6.08. The number of methoxy groups -OCH3 is 1. The van der Waals surface area contributed by atoms with Crippen molar-refractivity contribution in [1.82, 2.24) is 14.8 Å². The quantitative estimate of drug-likeness (QED) is 0.534. The number of nitrogens with one attached hydrogen (secondary N) is 1. The van der Waals surface area contributed by atoms with Crippen molar-refractivity contribution in [2.24, 2.45) is 5.92 Å². The number of halogens is 3. The molecule has 1 aromatic carbocycles. The summed E-state index contributed by atoms with van der Waals surface area (Å²) in [5.74, 6) is 0.402. The van der Waals surface area contributed by atoms with Crippen LogP contribution in [-0.4, -0.2) is 27.8 Å². The smallest absolute Gasteiger partial charge is 0.433 e. The molecular formula is C23H25F3N4O2. The molecule has 170 valence electrons. The normalized spacial score (nSPS) is 19.2. The van der Waals surface area contributed by atoms with Crippen LogP contribution in [0.25, 0.3) is 10.9 Å². The van der Waals surface area contributed by atoms with Gasteiger partial charge in [-0.05, 0) is 49.8 Å². The SMILES string of the molecule is CCC1CCC(n2cc3cc(NC(=O)c4cccc(C(F)(F)F)n4)c(OC)cc3n2)CC1. The number of alkyl halides is 3. The number of fused-ring (bicyclic) bond motifs is 1. The molecule has 2 aromatic heterocycles. The molecule has 3 aromatic rings. The summed E-state index contributed by atoms with van der Waals surface area (Å²) in [5, 5.41) is 8.13. The lowest BCUT2D eigenvalue weighted by Crippen LogP contribution is -2.18. The van der Waals surface area contributed by atoms with Gasteiger partial charge in [-0.2, -0.15) is 18.3 Å². The lowest BCUT2D eigenvalue weighted by atomic mass is 9.85. The molecule has 0 bridgehead atoms. The maximum atomic E-state index is 12.9. The number of carbonyl (C=O) groups is 1. The molecule has 0 aliphatic heterocycles. The molecule has 1 aliphatic rings. The third-order valence-electron chi connectivity index (χ3n) is 6.13. The molecule has 0 unspecified atom stereocenters. The minimum atomic E-state index is -4.63. The van der Waals surface area contributed by atoms with E-state index in [1.54, 1.807) is 12.1 Å². The van der Waals surface area contributed by atoms with Crippen LogP contribution in [-0.2, 0) is 6.18 Å². The Balaban J connectivity index is 1.58. The van der Waals surface area contributed by atoms with Gasteiger partial charge in [-0.25, -0.2) is 4.98 Å². The molecule has 1 N–H and O–H groups in total. The van der Waals surface area contributed by atoms with E-state index in [4.69, 9.17) is 9.84 Å². The van der Waals surface area contributed by atoms with E-state index in [1.807, 2.05) is 10.9 Å². The van der Waals surface area contributed by atoms with Crippen LogP contribution >= 0.6 is 0 Å². The molecule has 1 amide bonds. The first-order chi connectivity index (χ1) is 15.3. The molecule has 4 rings (SSSR count). The fraction of sp³-hybridized carbons (Fsp3) is 0.435. The second-order valence-electron chi connectivity index (χ2n) is 8.16. The molecule has 1 saturated carbocycles. The van der Waals surface area contributed by atoms with Crippen molar-refractivity contribution in [1.29, 1.82) is 0 Å². The Morgan fingerprint density at radius 3 is 2.62 bits per heavy atom. The number of hydrogen-bond acceptors (Lipinski definition) is 4. The van der Waals surface area contributed by atoms with Crippen molar-refractivity contribution in [3.8, 4) is 5.75 Å². The molecular weight excluding hydrogens is 421 g/mol.